The molecule has 0 saturated carbocycles. The van der Waals surface area contributed by atoms with Crippen molar-refractivity contribution >= 4 is 29.0 Å². The first-order valence-electron chi connectivity index (χ1n) is 11.5. The zero-order valence-corrected chi connectivity index (χ0v) is 20.0. The van der Waals surface area contributed by atoms with Crippen molar-refractivity contribution in [1.29, 1.82) is 0 Å². The number of fused-ring (bicyclic) bond motifs is 1. The number of imidazole rings is 1. The van der Waals surface area contributed by atoms with Crippen LogP contribution in [-0.4, -0.2) is 119 Å². The number of ether oxygens (including phenoxy) is 2. The van der Waals surface area contributed by atoms with E-state index in [9.17, 15) is 30.0 Å². The average molecular weight is 510 g/mol. The molecule has 2 fully saturated rings. The number of aromatic amines is 1. The number of hydrogen-bond donors (Lipinski definition) is 7. The van der Waals surface area contributed by atoms with Crippen molar-refractivity contribution in [2.24, 2.45) is 0 Å². The molecule has 4 heterocycles. The fraction of sp³-hybridized carbons (Fsp3) is 0.667. The minimum atomic E-state index is -1.56. The normalized spacial score (nSPS) is 30.9. The molecule has 0 spiro atoms. The molecule has 7 N–H and O–H groups in total. The summed E-state index contributed by atoms with van der Waals surface area (Å²) in [4.78, 5) is 41.7. The van der Waals surface area contributed by atoms with E-state index >= 15 is 0 Å². The summed E-state index contributed by atoms with van der Waals surface area (Å²) in [6.45, 7) is 4.34. The third-order valence-corrected chi connectivity index (χ3v) is 5.95. The summed E-state index contributed by atoms with van der Waals surface area (Å²) in [5, 5.41) is 47.0. The molecule has 0 aliphatic carbocycles. The number of aliphatic hydroxyl groups is 4. The molecule has 198 valence electrons. The maximum Gasteiger partial charge on any atom is 0.411 e. The Labute approximate surface area is 205 Å². The summed E-state index contributed by atoms with van der Waals surface area (Å²) < 4.78 is 11.1. The lowest BCUT2D eigenvalue weighted by atomic mass is 9.95. The van der Waals surface area contributed by atoms with Gasteiger partial charge in [0.05, 0.1) is 31.6 Å². The molecule has 7 atom stereocenters. The standard InChI is InChI=1S/C21H31N7O8/c1-21(2,3)36-20(34)28-5-9(30)4-10(28)18(33)26-12-11(6-29)35-19(15(32)14(12)31)27-17-13-16(23-7-22-13)24-8-25-17/h7-12,14-15,19,29-32H,4-6H2,1-3H3,(H,26,33)(H2,22,23,24,25,27)/t9-,10+,11-,12-,14+,15-,19-/m0/s1. The maximum absolute atomic E-state index is 13.1. The van der Waals surface area contributed by atoms with Crippen LogP contribution in [0.4, 0.5) is 10.6 Å². The Morgan fingerprint density at radius 1 is 1.22 bits per heavy atom. The predicted molar refractivity (Wildman–Crippen MR) is 122 cm³/mol. The van der Waals surface area contributed by atoms with Crippen LogP contribution in [0.1, 0.15) is 27.2 Å². The predicted octanol–water partition coefficient (Wildman–Crippen LogP) is -1.94. The summed E-state index contributed by atoms with van der Waals surface area (Å²) in [6.07, 6.45) is -4.49. The van der Waals surface area contributed by atoms with Gasteiger partial charge in [0, 0.05) is 6.42 Å². The van der Waals surface area contributed by atoms with Gasteiger partial charge in [-0.25, -0.2) is 19.7 Å². The second-order valence-corrected chi connectivity index (χ2v) is 9.80. The van der Waals surface area contributed by atoms with Gasteiger partial charge in [-0.1, -0.05) is 0 Å². The zero-order chi connectivity index (χ0) is 26.2. The SMILES string of the molecule is CC(C)(C)OC(=O)N1C[C@@H](O)C[C@@H]1C(=O)N[C@@H]1[C@@H](O)[C@H](O)[C@@H](Nc2ncnc3nc[nH]c23)O[C@H]1CO. The van der Waals surface area contributed by atoms with Crippen LogP contribution in [0.2, 0.25) is 0 Å². The van der Waals surface area contributed by atoms with Gasteiger partial charge in [-0.3, -0.25) is 9.69 Å². The van der Waals surface area contributed by atoms with Gasteiger partial charge in [-0.2, -0.15) is 0 Å². The van der Waals surface area contributed by atoms with E-state index < -0.39 is 66.9 Å². The largest absolute Gasteiger partial charge is 0.444 e. The molecule has 0 aromatic carbocycles. The summed E-state index contributed by atoms with van der Waals surface area (Å²) in [7, 11) is 0. The van der Waals surface area contributed by atoms with Gasteiger partial charge in [-0.15, -0.1) is 0 Å². The van der Waals surface area contributed by atoms with E-state index in [1.807, 2.05) is 0 Å². The number of carbonyl (C=O) groups excluding carboxylic acids is 2. The molecule has 2 amide bonds. The number of hydrogen-bond acceptors (Lipinski definition) is 12. The molecule has 36 heavy (non-hydrogen) atoms. The number of nitrogens with zero attached hydrogens (tertiary/aromatic N) is 4. The van der Waals surface area contributed by atoms with Gasteiger partial charge in [0.15, 0.2) is 17.7 Å². The topological polar surface area (TPSA) is 215 Å². The number of aromatic nitrogens is 4. The van der Waals surface area contributed by atoms with Crippen LogP contribution >= 0.6 is 0 Å². The number of likely N-dealkylation sites (tertiary alicyclic amines) is 1. The van der Waals surface area contributed by atoms with Crippen molar-refractivity contribution < 1.29 is 39.5 Å². The second-order valence-electron chi connectivity index (χ2n) is 9.80. The van der Waals surface area contributed by atoms with Gasteiger partial charge in [-0.05, 0) is 20.8 Å². The van der Waals surface area contributed by atoms with Gasteiger partial charge >= 0.3 is 6.09 Å². The Balaban J connectivity index is 1.46. The molecule has 0 radical (unpaired) electrons. The molecular formula is C21H31N7O8. The van der Waals surface area contributed by atoms with Crippen LogP contribution in [0.25, 0.3) is 11.2 Å². The Morgan fingerprint density at radius 2 is 1.97 bits per heavy atom. The first-order chi connectivity index (χ1) is 17.0. The highest BCUT2D eigenvalue weighted by atomic mass is 16.6. The Bertz CT molecular complexity index is 1090. The van der Waals surface area contributed by atoms with E-state index in [1.54, 1.807) is 20.8 Å². The highest BCUT2D eigenvalue weighted by Gasteiger charge is 2.48. The molecule has 2 saturated heterocycles. The molecule has 2 aromatic rings. The number of anilines is 1. The third-order valence-electron chi connectivity index (χ3n) is 5.95. The van der Waals surface area contributed by atoms with Gasteiger partial charge < -0.3 is 45.5 Å². The number of rotatable bonds is 5. The minimum Gasteiger partial charge on any atom is -0.444 e. The maximum atomic E-state index is 13.1. The summed E-state index contributed by atoms with van der Waals surface area (Å²) in [6, 6.07) is -2.30. The highest BCUT2D eigenvalue weighted by molar-refractivity contribution is 5.87. The average Bonchev–Trinajstić information content (AvgIpc) is 3.44. The molecule has 2 aromatic heterocycles. The van der Waals surface area contributed by atoms with Crippen molar-refractivity contribution in [1.82, 2.24) is 30.2 Å². The first kappa shape index (κ1) is 26.0. The number of amides is 2. The Morgan fingerprint density at radius 3 is 2.67 bits per heavy atom. The van der Waals surface area contributed by atoms with Crippen LogP contribution in [0.5, 0.6) is 0 Å². The molecule has 0 bridgehead atoms. The third kappa shape index (κ3) is 5.34. The lowest BCUT2D eigenvalue weighted by Crippen LogP contribution is -2.67. The van der Waals surface area contributed by atoms with Crippen LogP contribution < -0.4 is 10.6 Å². The quantitative estimate of drug-likeness (QED) is 0.234. The van der Waals surface area contributed by atoms with E-state index in [-0.39, 0.29) is 18.8 Å². The fourth-order valence-electron chi connectivity index (χ4n) is 4.27. The molecule has 0 unspecified atom stereocenters. The molecule has 2 aliphatic heterocycles. The smallest absolute Gasteiger partial charge is 0.411 e. The second kappa shape index (κ2) is 10.1. The molecule has 15 heteroatoms. The minimum absolute atomic E-state index is 0.0425. The lowest BCUT2D eigenvalue weighted by molar-refractivity contribution is -0.185. The summed E-state index contributed by atoms with van der Waals surface area (Å²) in [5.74, 6) is -0.446. The monoisotopic (exact) mass is 509 g/mol. The number of β-amino-alcohol motifs (C(OH)–C–C–N with tert-alkyl or cyclic N) is 1. The lowest BCUT2D eigenvalue weighted by Gasteiger charge is -2.43. The van der Waals surface area contributed by atoms with E-state index in [0.29, 0.717) is 11.2 Å². The van der Waals surface area contributed by atoms with Crippen molar-refractivity contribution in [3.63, 3.8) is 0 Å². The van der Waals surface area contributed by atoms with Crippen molar-refractivity contribution in [3.05, 3.63) is 12.7 Å². The summed E-state index contributed by atoms with van der Waals surface area (Å²) in [5.41, 5.74) is 0.00905. The molecule has 2 aliphatic rings. The zero-order valence-electron chi connectivity index (χ0n) is 20.0. The fourth-order valence-corrected chi connectivity index (χ4v) is 4.27. The molecule has 4 rings (SSSR count). The van der Waals surface area contributed by atoms with E-state index in [4.69, 9.17) is 9.47 Å². The van der Waals surface area contributed by atoms with Crippen LogP contribution in [0.15, 0.2) is 12.7 Å². The number of carbonyl (C=O) groups is 2. The highest BCUT2D eigenvalue weighted by Crippen LogP contribution is 2.26. The van der Waals surface area contributed by atoms with Crippen LogP contribution in [-0.2, 0) is 14.3 Å². The van der Waals surface area contributed by atoms with Crippen LogP contribution in [0.3, 0.4) is 0 Å². The van der Waals surface area contributed by atoms with E-state index in [0.717, 1.165) is 4.90 Å². The number of aliphatic hydroxyl groups excluding tert-OH is 4. The molecular weight excluding hydrogens is 478 g/mol. The number of nitrogens with one attached hydrogen (secondary N) is 3. The van der Waals surface area contributed by atoms with E-state index in [2.05, 4.69) is 30.6 Å². The Kier molecular flexibility index (Phi) is 7.28. The van der Waals surface area contributed by atoms with Crippen molar-refractivity contribution in [2.45, 2.75) is 75.5 Å². The first-order valence-corrected chi connectivity index (χ1v) is 11.5. The van der Waals surface area contributed by atoms with Gasteiger partial charge in [0.2, 0.25) is 5.91 Å². The van der Waals surface area contributed by atoms with Crippen LogP contribution in [0, 0.1) is 0 Å². The van der Waals surface area contributed by atoms with E-state index in [1.165, 1.54) is 12.7 Å². The molecule has 15 nitrogen and oxygen atoms in total. The summed E-state index contributed by atoms with van der Waals surface area (Å²) >= 11 is 0. The van der Waals surface area contributed by atoms with Gasteiger partial charge in [0.25, 0.3) is 0 Å². The number of H-pyrrole nitrogens is 1. The van der Waals surface area contributed by atoms with Crippen molar-refractivity contribution in [2.75, 3.05) is 18.5 Å². The Hall–Kier alpha value is -3.11. The van der Waals surface area contributed by atoms with Gasteiger partial charge in [0.1, 0.15) is 41.8 Å². The van der Waals surface area contributed by atoms with Crippen molar-refractivity contribution in [3.8, 4) is 0 Å².